The van der Waals surface area contributed by atoms with E-state index in [9.17, 15) is 27.9 Å². The predicted molar refractivity (Wildman–Crippen MR) is 168 cm³/mol. The molecule has 48 heavy (non-hydrogen) atoms. The van der Waals surface area contributed by atoms with Gasteiger partial charge in [-0.2, -0.15) is 13.5 Å². The van der Waals surface area contributed by atoms with Crippen molar-refractivity contribution in [3.63, 3.8) is 0 Å². The summed E-state index contributed by atoms with van der Waals surface area (Å²) in [6, 6.07) is 7.73. The summed E-state index contributed by atoms with van der Waals surface area (Å²) in [5.41, 5.74) is 11.4. The molecule has 0 radical (unpaired) electrons. The van der Waals surface area contributed by atoms with E-state index in [1.54, 1.807) is 12.3 Å². The minimum Gasteiger partial charge on any atom is -0.489 e. The van der Waals surface area contributed by atoms with Gasteiger partial charge >= 0.3 is 16.4 Å². The SMILES string of the molecule is C[n+]1cc(-c2ccc(OC[C@H](O/N=C(\C(=O)C[C@@H]3C(=O)N(OS(=O)(=O)O)C3(C)C)c3csc(N)n3)C(=O)O)cc2F)ccc1CCCN. The monoisotopic (exact) mass is 709 g/mol. The van der Waals surface area contributed by atoms with Gasteiger partial charge in [0.2, 0.25) is 0 Å². The van der Waals surface area contributed by atoms with Gasteiger partial charge in [-0.1, -0.05) is 5.16 Å². The summed E-state index contributed by atoms with van der Waals surface area (Å²) in [5, 5.41) is 15.3. The van der Waals surface area contributed by atoms with Crippen LogP contribution in [0.15, 0.2) is 47.1 Å². The van der Waals surface area contributed by atoms with Crippen LogP contribution >= 0.6 is 11.3 Å². The Bertz CT molecular complexity index is 1850. The molecule has 6 N–H and O–H groups in total. The Balaban J connectivity index is 1.47. The van der Waals surface area contributed by atoms with Gasteiger partial charge in [0.25, 0.3) is 12.0 Å². The van der Waals surface area contributed by atoms with Crippen LogP contribution in [-0.2, 0) is 47.4 Å². The maximum Gasteiger partial charge on any atom is 0.418 e. The van der Waals surface area contributed by atoms with Crippen LogP contribution in [-0.4, -0.2) is 76.3 Å². The molecular weight excluding hydrogens is 675 g/mol. The summed E-state index contributed by atoms with van der Waals surface area (Å²) in [7, 11) is -3.16. The van der Waals surface area contributed by atoms with E-state index in [2.05, 4.69) is 14.4 Å². The van der Waals surface area contributed by atoms with Gasteiger partial charge in [0.1, 0.15) is 30.9 Å². The van der Waals surface area contributed by atoms with E-state index in [-0.39, 0.29) is 16.6 Å². The lowest BCUT2D eigenvalue weighted by Crippen LogP contribution is -2.68. The molecule has 0 saturated carbocycles. The predicted octanol–water partition coefficient (Wildman–Crippen LogP) is 1.43. The molecule has 0 spiro atoms. The van der Waals surface area contributed by atoms with Crippen LogP contribution in [0.3, 0.4) is 0 Å². The zero-order valence-corrected chi connectivity index (χ0v) is 27.7. The molecule has 2 atom stereocenters. The molecule has 1 aliphatic heterocycles. The van der Waals surface area contributed by atoms with Gasteiger partial charge < -0.3 is 26.1 Å². The summed E-state index contributed by atoms with van der Waals surface area (Å²) in [4.78, 5) is 47.0. The number of Topliss-reactive ketones (excluding diaryl/α,β-unsaturated/α-hetero) is 1. The van der Waals surface area contributed by atoms with E-state index in [1.807, 2.05) is 17.7 Å². The number of benzene rings is 1. The van der Waals surface area contributed by atoms with Crippen molar-refractivity contribution in [1.82, 2.24) is 10.0 Å². The lowest BCUT2D eigenvalue weighted by molar-refractivity contribution is -0.678. The molecule has 2 aromatic heterocycles. The smallest absolute Gasteiger partial charge is 0.418 e. The minimum absolute atomic E-state index is 0.00462. The molecule has 0 unspecified atom stereocenters. The highest BCUT2D eigenvalue weighted by molar-refractivity contribution is 7.80. The molecule has 1 fully saturated rings. The van der Waals surface area contributed by atoms with E-state index >= 15 is 4.39 Å². The van der Waals surface area contributed by atoms with E-state index < -0.39 is 70.2 Å². The minimum atomic E-state index is -5.01. The van der Waals surface area contributed by atoms with Gasteiger partial charge in [0.15, 0.2) is 28.5 Å². The third-order valence-electron chi connectivity index (χ3n) is 7.54. The van der Waals surface area contributed by atoms with Gasteiger partial charge in [0.05, 0.1) is 11.5 Å². The number of aliphatic carboxylic acids is 1. The Morgan fingerprint density at radius 2 is 2.00 bits per heavy atom. The number of hydroxylamine groups is 2. The molecular formula is C29H34FN6O10S2+. The lowest BCUT2D eigenvalue weighted by Gasteiger charge is -2.50. The number of ether oxygens (including phenoxy) is 1. The van der Waals surface area contributed by atoms with Gasteiger partial charge in [-0.25, -0.2) is 18.7 Å². The number of aromatic nitrogens is 2. The molecule has 19 heteroatoms. The number of β-lactam (4-membered cyclic amide) rings is 1. The number of oxime groups is 1. The van der Waals surface area contributed by atoms with E-state index in [0.717, 1.165) is 35.9 Å². The number of carboxylic acid groups (broad SMARTS) is 1. The molecule has 0 aliphatic carbocycles. The highest BCUT2D eigenvalue weighted by Crippen LogP contribution is 2.40. The Morgan fingerprint density at radius 1 is 1.27 bits per heavy atom. The number of anilines is 1. The number of carboxylic acids is 1. The number of nitrogen functional groups attached to an aromatic ring is 1. The first kappa shape index (κ1) is 36.3. The second-order valence-electron chi connectivity index (χ2n) is 11.3. The van der Waals surface area contributed by atoms with Gasteiger partial charge in [-0.05, 0) is 45.0 Å². The fraction of sp³-hybridized carbons (Fsp3) is 0.379. The molecule has 1 aromatic carbocycles. The van der Waals surface area contributed by atoms with E-state index in [1.165, 1.54) is 31.4 Å². The van der Waals surface area contributed by atoms with Crippen molar-refractivity contribution >= 4 is 50.2 Å². The van der Waals surface area contributed by atoms with Gasteiger partial charge in [-0.3, -0.25) is 14.1 Å². The number of ketones is 1. The van der Waals surface area contributed by atoms with Crippen molar-refractivity contribution in [2.75, 3.05) is 18.9 Å². The molecule has 1 amide bonds. The number of aryl methyl sites for hydroxylation is 2. The number of hydrogen-bond acceptors (Lipinski definition) is 13. The number of thiazole rings is 1. The maximum absolute atomic E-state index is 15.1. The number of halogens is 1. The van der Waals surface area contributed by atoms with Crippen LogP contribution < -0.4 is 20.8 Å². The van der Waals surface area contributed by atoms with Crippen LogP contribution in [0.25, 0.3) is 11.1 Å². The van der Waals surface area contributed by atoms with Gasteiger partial charge in [0, 0.05) is 41.5 Å². The molecule has 16 nitrogen and oxygen atoms in total. The lowest BCUT2D eigenvalue weighted by atomic mass is 9.74. The van der Waals surface area contributed by atoms with Gasteiger partial charge in [-0.15, -0.1) is 15.6 Å². The van der Waals surface area contributed by atoms with Crippen molar-refractivity contribution in [3.05, 3.63) is 59.1 Å². The van der Waals surface area contributed by atoms with Crippen molar-refractivity contribution in [2.24, 2.45) is 23.9 Å². The fourth-order valence-corrected chi connectivity index (χ4v) is 5.88. The molecule has 0 bridgehead atoms. The average Bonchev–Trinajstić information content (AvgIpc) is 3.44. The summed E-state index contributed by atoms with van der Waals surface area (Å²) in [6.45, 7) is 2.72. The van der Waals surface area contributed by atoms with Crippen LogP contribution in [0, 0.1) is 11.7 Å². The normalized spacial score (nSPS) is 16.7. The van der Waals surface area contributed by atoms with Crippen molar-refractivity contribution in [2.45, 2.75) is 44.8 Å². The van der Waals surface area contributed by atoms with Crippen LogP contribution in [0.4, 0.5) is 9.52 Å². The first-order valence-electron chi connectivity index (χ1n) is 14.4. The molecule has 1 aliphatic rings. The van der Waals surface area contributed by atoms with Crippen molar-refractivity contribution in [1.29, 1.82) is 0 Å². The number of hydrogen-bond donors (Lipinski definition) is 4. The summed E-state index contributed by atoms with van der Waals surface area (Å²) < 4.78 is 58.0. The maximum atomic E-state index is 15.1. The summed E-state index contributed by atoms with van der Waals surface area (Å²) in [6.07, 6.45) is 1.07. The van der Waals surface area contributed by atoms with E-state index in [0.29, 0.717) is 22.7 Å². The zero-order chi connectivity index (χ0) is 35.4. The largest absolute Gasteiger partial charge is 0.489 e. The van der Waals surface area contributed by atoms with Crippen LogP contribution in [0.1, 0.15) is 38.1 Å². The highest BCUT2D eigenvalue weighted by Gasteiger charge is 2.57. The number of carbonyl (C=O) groups excluding carboxylic acids is 2. The van der Waals surface area contributed by atoms with Crippen LogP contribution in [0.5, 0.6) is 5.75 Å². The molecule has 3 aromatic rings. The number of rotatable bonds is 16. The highest BCUT2D eigenvalue weighted by atomic mass is 32.3. The summed E-state index contributed by atoms with van der Waals surface area (Å²) >= 11 is 0.955. The fourth-order valence-electron chi connectivity index (χ4n) is 4.88. The third-order valence-corrected chi connectivity index (χ3v) is 8.55. The number of carbonyl (C=O) groups is 3. The topological polar surface area (TPSA) is 238 Å². The molecule has 258 valence electrons. The first-order valence-corrected chi connectivity index (χ1v) is 16.6. The number of pyridine rings is 1. The first-order chi connectivity index (χ1) is 22.5. The zero-order valence-electron chi connectivity index (χ0n) is 26.0. The Morgan fingerprint density at radius 3 is 2.56 bits per heavy atom. The molecule has 1 saturated heterocycles. The van der Waals surface area contributed by atoms with E-state index in [4.69, 9.17) is 25.6 Å². The molecule has 4 rings (SSSR count). The van der Waals surface area contributed by atoms with Crippen LogP contribution in [0.2, 0.25) is 0 Å². The molecule has 3 heterocycles. The third kappa shape index (κ3) is 8.47. The standard InChI is InChI=1S/C29H33FN6O10S2/c1-29(2)20(26(38)36(29)46-48(41,42)43)12-23(37)25(22-15-47-28(32)33-22)34-45-24(27(39)40)14-44-18-8-9-19(21(30)11-18)16-6-7-17(5-4-10-31)35(3)13-16/h6-9,11,13,15,20,24H,4-5,10,12,14,31H2,1-3H3,(H3-,32,33,39,40,41,42,43)/p+1/b34-25-/t20-,24+/m1/s1. The Labute approximate surface area is 278 Å². The Hall–Kier alpha value is -4.56. The summed E-state index contributed by atoms with van der Waals surface area (Å²) in [5.74, 6) is -4.97. The van der Waals surface area contributed by atoms with Crippen molar-refractivity contribution < 1.29 is 55.3 Å². The number of nitrogens with zero attached hydrogens (tertiary/aromatic N) is 4. The second-order valence-corrected chi connectivity index (χ2v) is 13.2. The average molecular weight is 710 g/mol. The quantitative estimate of drug-likeness (QED) is 0.0542. The number of amides is 1. The van der Waals surface area contributed by atoms with Crippen molar-refractivity contribution in [3.8, 4) is 16.9 Å². The second kappa shape index (κ2) is 14.7. The number of nitrogens with two attached hydrogens (primary N) is 2. The Kier molecular flexibility index (Phi) is 11.1.